The number of nitrogens with one attached hydrogen (secondary N) is 1. The summed E-state index contributed by atoms with van der Waals surface area (Å²) in [6.45, 7) is 2.45. The Labute approximate surface area is 144 Å². The third kappa shape index (κ3) is 3.31. The molecule has 3 rings (SSSR count). The smallest absolute Gasteiger partial charge is 0.265 e. The summed E-state index contributed by atoms with van der Waals surface area (Å²) < 4.78 is 36.3. The first-order chi connectivity index (χ1) is 11.9. The van der Waals surface area contributed by atoms with Gasteiger partial charge in [0.15, 0.2) is 5.82 Å². The number of hydrogen-bond donors (Lipinski definition) is 1. The number of anilines is 1. The lowest BCUT2D eigenvalue weighted by molar-refractivity contribution is 0.403. The second-order valence-corrected chi connectivity index (χ2v) is 6.84. The summed E-state index contributed by atoms with van der Waals surface area (Å²) in [4.78, 5) is -0.0120. The van der Waals surface area contributed by atoms with Gasteiger partial charge in [0.2, 0.25) is 0 Å². The number of methoxy groups -OCH3 is 1. The van der Waals surface area contributed by atoms with Gasteiger partial charge in [-0.25, -0.2) is 13.1 Å². The van der Waals surface area contributed by atoms with Gasteiger partial charge in [-0.2, -0.15) is 5.10 Å². The molecule has 0 saturated heterocycles. The van der Waals surface area contributed by atoms with Gasteiger partial charge in [0.25, 0.3) is 10.0 Å². The van der Waals surface area contributed by atoms with Gasteiger partial charge in [-0.05, 0) is 35.5 Å². The number of nitrogens with zero attached hydrogens (tertiary/aromatic N) is 6. The number of rotatable bonds is 6. The zero-order valence-corrected chi connectivity index (χ0v) is 14.7. The summed E-state index contributed by atoms with van der Waals surface area (Å²) in [6.07, 6.45) is 2.98. The molecule has 0 radical (unpaired) electrons. The average Bonchev–Trinajstić information content (AvgIpc) is 3.22. The number of tetrazole rings is 1. The Morgan fingerprint density at radius 1 is 1.32 bits per heavy atom. The maximum absolute atomic E-state index is 12.8. The summed E-state index contributed by atoms with van der Waals surface area (Å²) in [6, 6.07) is 4.76. The van der Waals surface area contributed by atoms with Crippen molar-refractivity contribution in [3.8, 4) is 17.1 Å². The molecule has 0 aliphatic rings. The molecular formula is C14H17N7O3S. The van der Waals surface area contributed by atoms with Gasteiger partial charge < -0.3 is 4.74 Å². The topological polar surface area (TPSA) is 117 Å². The first kappa shape index (κ1) is 16.9. The summed E-state index contributed by atoms with van der Waals surface area (Å²) in [7, 11) is -0.773. The van der Waals surface area contributed by atoms with Crippen LogP contribution in [0.3, 0.4) is 0 Å². The van der Waals surface area contributed by atoms with Crippen LogP contribution in [-0.4, -0.2) is 45.5 Å². The maximum Gasteiger partial charge on any atom is 0.265 e. The molecule has 2 aromatic heterocycles. The first-order valence-corrected chi connectivity index (χ1v) is 8.89. The molecule has 0 unspecified atom stereocenters. The third-order valence-corrected chi connectivity index (χ3v) is 4.90. The van der Waals surface area contributed by atoms with E-state index in [0.29, 0.717) is 23.6 Å². The molecule has 11 heteroatoms. The number of sulfonamides is 1. The van der Waals surface area contributed by atoms with Crippen LogP contribution in [0.1, 0.15) is 6.92 Å². The second kappa shape index (κ2) is 6.51. The second-order valence-electron chi connectivity index (χ2n) is 5.19. The summed E-state index contributed by atoms with van der Waals surface area (Å²) >= 11 is 0. The van der Waals surface area contributed by atoms with Crippen molar-refractivity contribution in [3.63, 3.8) is 0 Å². The van der Waals surface area contributed by atoms with Crippen molar-refractivity contribution in [1.82, 2.24) is 30.0 Å². The van der Waals surface area contributed by atoms with Crippen molar-refractivity contribution in [2.45, 2.75) is 18.4 Å². The standard InChI is InChI=1S/C14H17N7O3S/c1-4-21-14(16-18-19-21)10-5-6-12(24-3)13(7-10)25(22,23)17-11-8-15-20(2)9-11/h5-9,17H,4H2,1-3H3. The average molecular weight is 363 g/mol. The summed E-state index contributed by atoms with van der Waals surface area (Å²) in [5, 5.41) is 15.4. The highest BCUT2D eigenvalue weighted by Gasteiger charge is 2.22. The van der Waals surface area contributed by atoms with Gasteiger partial charge in [0.1, 0.15) is 10.6 Å². The van der Waals surface area contributed by atoms with Crippen molar-refractivity contribution in [3.05, 3.63) is 30.6 Å². The minimum Gasteiger partial charge on any atom is -0.495 e. The van der Waals surface area contributed by atoms with Crippen LogP contribution in [0.15, 0.2) is 35.5 Å². The van der Waals surface area contributed by atoms with E-state index < -0.39 is 10.0 Å². The lowest BCUT2D eigenvalue weighted by Gasteiger charge is -2.12. The summed E-state index contributed by atoms with van der Waals surface area (Å²) in [5.74, 6) is 0.693. The Morgan fingerprint density at radius 3 is 2.76 bits per heavy atom. The van der Waals surface area contributed by atoms with E-state index in [1.54, 1.807) is 30.1 Å². The highest BCUT2D eigenvalue weighted by atomic mass is 32.2. The molecule has 0 saturated carbocycles. The summed E-state index contributed by atoms with van der Waals surface area (Å²) in [5.41, 5.74) is 0.924. The molecule has 0 amide bonds. The lowest BCUT2D eigenvalue weighted by Crippen LogP contribution is -2.14. The molecule has 0 fully saturated rings. The SMILES string of the molecule is CCn1nnnc1-c1ccc(OC)c(S(=O)(=O)Nc2cnn(C)c2)c1. The fraction of sp³-hybridized carbons (Fsp3) is 0.286. The van der Waals surface area contributed by atoms with Crippen LogP contribution in [0.25, 0.3) is 11.4 Å². The fourth-order valence-corrected chi connectivity index (χ4v) is 3.56. The molecule has 1 aromatic carbocycles. The van der Waals surface area contributed by atoms with Crippen molar-refractivity contribution in [1.29, 1.82) is 0 Å². The minimum atomic E-state index is -3.88. The largest absolute Gasteiger partial charge is 0.495 e. The zero-order chi connectivity index (χ0) is 18.0. The first-order valence-electron chi connectivity index (χ1n) is 7.40. The van der Waals surface area contributed by atoms with E-state index in [0.717, 1.165) is 0 Å². The molecule has 0 spiro atoms. The zero-order valence-electron chi connectivity index (χ0n) is 13.9. The number of ether oxygens (including phenoxy) is 1. The van der Waals surface area contributed by atoms with Gasteiger partial charge in [0.05, 0.1) is 19.0 Å². The molecule has 0 atom stereocenters. The Balaban J connectivity index is 2.06. The molecule has 0 bridgehead atoms. The Morgan fingerprint density at radius 2 is 2.12 bits per heavy atom. The van der Waals surface area contributed by atoms with Gasteiger partial charge >= 0.3 is 0 Å². The van der Waals surface area contributed by atoms with Crippen molar-refractivity contribution in [2.75, 3.05) is 11.8 Å². The molecule has 0 aliphatic carbocycles. The Bertz CT molecular complexity index is 994. The van der Waals surface area contributed by atoms with Crippen LogP contribution in [0.2, 0.25) is 0 Å². The van der Waals surface area contributed by atoms with Crippen molar-refractivity contribution < 1.29 is 13.2 Å². The number of benzene rings is 1. The van der Waals surface area contributed by atoms with E-state index >= 15 is 0 Å². The van der Waals surface area contributed by atoms with Crippen LogP contribution < -0.4 is 9.46 Å². The predicted molar refractivity (Wildman–Crippen MR) is 89.5 cm³/mol. The molecule has 3 aromatic rings. The van der Waals surface area contributed by atoms with E-state index in [2.05, 4.69) is 25.3 Å². The van der Waals surface area contributed by atoms with Crippen LogP contribution in [0.5, 0.6) is 5.75 Å². The fourth-order valence-electron chi connectivity index (χ4n) is 2.33. The van der Waals surface area contributed by atoms with E-state index in [9.17, 15) is 8.42 Å². The number of aromatic nitrogens is 6. The number of hydrogen-bond acceptors (Lipinski definition) is 7. The van der Waals surface area contributed by atoms with E-state index in [1.165, 1.54) is 24.1 Å². The van der Waals surface area contributed by atoms with Crippen molar-refractivity contribution >= 4 is 15.7 Å². The van der Waals surface area contributed by atoms with Gasteiger partial charge in [0, 0.05) is 25.4 Å². The highest BCUT2D eigenvalue weighted by Crippen LogP contribution is 2.30. The number of aryl methyl sites for hydroxylation is 2. The van der Waals surface area contributed by atoms with Crippen LogP contribution in [-0.2, 0) is 23.6 Å². The van der Waals surface area contributed by atoms with E-state index in [-0.39, 0.29) is 10.6 Å². The maximum atomic E-state index is 12.8. The van der Waals surface area contributed by atoms with E-state index in [1.807, 2.05) is 6.92 Å². The van der Waals surface area contributed by atoms with Crippen LogP contribution in [0.4, 0.5) is 5.69 Å². The normalized spacial score (nSPS) is 11.5. The highest BCUT2D eigenvalue weighted by molar-refractivity contribution is 7.92. The molecule has 0 aliphatic heterocycles. The van der Waals surface area contributed by atoms with Gasteiger partial charge in [-0.15, -0.1) is 5.10 Å². The van der Waals surface area contributed by atoms with Gasteiger partial charge in [-0.3, -0.25) is 9.40 Å². The Kier molecular flexibility index (Phi) is 4.40. The van der Waals surface area contributed by atoms with Gasteiger partial charge in [-0.1, -0.05) is 0 Å². The molecule has 2 heterocycles. The quantitative estimate of drug-likeness (QED) is 0.691. The molecule has 25 heavy (non-hydrogen) atoms. The molecular weight excluding hydrogens is 346 g/mol. The van der Waals surface area contributed by atoms with Crippen LogP contribution in [0, 0.1) is 0 Å². The van der Waals surface area contributed by atoms with E-state index in [4.69, 9.17) is 4.74 Å². The molecule has 10 nitrogen and oxygen atoms in total. The Hall–Kier alpha value is -2.95. The van der Waals surface area contributed by atoms with Crippen LogP contribution >= 0.6 is 0 Å². The predicted octanol–water partition coefficient (Wildman–Crippen LogP) is 0.903. The molecule has 132 valence electrons. The monoisotopic (exact) mass is 363 g/mol. The van der Waals surface area contributed by atoms with Crippen molar-refractivity contribution in [2.24, 2.45) is 7.05 Å². The third-order valence-electron chi connectivity index (χ3n) is 3.50. The minimum absolute atomic E-state index is 0.0120. The molecule has 1 N–H and O–H groups in total. The lowest BCUT2D eigenvalue weighted by atomic mass is 10.2.